The fraction of sp³-hybridized carbons (Fsp3) is 0.500. The zero-order valence-corrected chi connectivity index (χ0v) is 14.7. The first-order valence-corrected chi connectivity index (χ1v) is 8.71. The largest absolute Gasteiger partial charge is 0.442 e. The van der Waals surface area contributed by atoms with Gasteiger partial charge in [0.25, 0.3) is 0 Å². The number of hydrogen-bond acceptors (Lipinski definition) is 5. The molecule has 0 spiro atoms. The van der Waals surface area contributed by atoms with Crippen LogP contribution in [0.4, 0.5) is 10.5 Å². The number of rotatable bonds is 4. The number of carbonyl (C=O) groups is 3. The Morgan fingerprint density at radius 2 is 2.00 bits per heavy atom. The maximum absolute atomic E-state index is 12.2. The van der Waals surface area contributed by atoms with E-state index in [0.717, 1.165) is 23.2 Å². The first-order valence-electron chi connectivity index (χ1n) is 8.71. The summed E-state index contributed by atoms with van der Waals surface area (Å²) in [5, 5.41) is 11.7. The molecule has 8 heteroatoms. The number of ether oxygens (including phenoxy) is 1. The Morgan fingerprint density at radius 3 is 2.69 bits per heavy atom. The first-order chi connectivity index (χ1) is 12.5. The molecule has 0 aromatic heterocycles. The fourth-order valence-electron chi connectivity index (χ4n) is 3.33. The van der Waals surface area contributed by atoms with E-state index in [1.807, 2.05) is 18.2 Å². The molecule has 26 heavy (non-hydrogen) atoms. The molecule has 1 atom stereocenters. The number of carbonyl (C=O) groups excluding carboxylic acids is 3. The summed E-state index contributed by atoms with van der Waals surface area (Å²) in [4.78, 5) is 38.1. The van der Waals surface area contributed by atoms with Gasteiger partial charge in [-0.1, -0.05) is 6.07 Å². The molecule has 1 aromatic rings. The fourth-order valence-corrected chi connectivity index (χ4v) is 3.33. The van der Waals surface area contributed by atoms with Crippen molar-refractivity contribution < 1.29 is 24.2 Å². The summed E-state index contributed by atoms with van der Waals surface area (Å²) in [5.41, 5.74) is 2.99. The average molecular weight is 361 g/mol. The Balaban J connectivity index is 1.70. The molecule has 0 bridgehead atoms. The lowest BCUT2D eigenvalue weighted by Crippen LogP contribution is -2.35. The number of aliphatic hydroxyl groups is 1. The van der Waals surface area contributed by atoms with E-state index < -0.39 is 12.7 Å². The minimum absolute atomic E-state index is 0.161. The van der Waals surface area contributed by atoms with E-state index >= 15 is 0 Å². The van der Waals surface area contributed by atoms with Crippen molar-refractivity contribution in [3.05, 3.63) is 29.3 Å². The van der Waals surface area contributed by atoms with Crippen LogP contribution >= 0.6 is 0 Å². The number of aliphatic hydroxyl groups excluding tert-OH is 1. The third-order valence-corrected chi connectivity index (χ3v) is 4.74. The second kappa shape index (κ2) is 7.74. The van der Waals surface area contributed by atoms with E-state index in [1.54, 1.807) is 9.80 Å². The second-order valence-corrected chi connectivity index (χ2v) is 6.55. The highest BCUT2D eigenvalue weighted by molar-refractivity contribution is 5.90. The van der Waals surface area contributed by atoms with E-state index in [0.29, 0.717) is 32.6 Å². The first kappa shape index (κ1) is 18.2. The summed E-state index contributed by atoms with van der Waals surface area (Å²) < 4.78 is 5.30. The SMILES string of the molecule is CC(=O)NC[C@H]1CN(c2ccc3c(c2)CCN(C(=O)CO)CC3)C(=O)O1. The van der Waals surface area contributed by atoms with Crippen LogP contribution in [-0.4, -0.2) is 66.8 Å². The second-order valence-electron chi connectivity index (χ2n) is 6.55. The van der Waals surface area contributed by atoms with Crippen LogP contribution in [-0.2, 0) is 27.2 Å². The van der Waals surface area contributed by atoms with Crippen molar-refractivity contribution in [3.63, 3.8) is 0 Å². The maximum atomic E-state index is 12.2. The Kier molecular flexibility index (Phi) is 5.41. The molecule has 1 fully saturated rings. The highest BCUT2D eigenvalue weighted by atomic mass is 16.6. The number of nitrogens with zero attached hydrogens (tertiary/aromatic N) is 2. The van der Waals surface area contributed by atoms with Crippen molar-refractivity contribution in [1.29, 1.82) is 0 Å². The highest BCUT2D eigenvalue weighted by Gasteiger charge is 2.32. The minimum Gasteiger partial charge on any atom is -0.442 e. The Labute approximate surface area is 151 Å². The van der Waals surface area contributed by atoms with Crippen LogP contribution in [0.15, 0.2) is 18.2 Å². The summed E-state index contributed by atoms with van der Waals surface area (Å²) >= 11 is 0. The van der Waals surface area contributed by atoms with Crippen molar-refractivity contribution in [3.8, 4) is 0 Å². The van der Waals surface area contributed by atoms with Crippen LogP contribution in [0.25, 0.3) is 0 Å². The van der Waals surface area contributed by atoms with Crippen molar-refractivity contribution >= 4 is 23.6 Å². The van der Waals surface area contributed by atoms with Gasteiger partial charge in [-0.25, -0.2) is 4.79 Å². The van der Waals surface area contributed by atoms with Crippen LogP contribution < -0.4 is 10.2 Å². The normalized spacial score (nSPS) is 19.6. The molecule has 0 unspecified atom stereocenters. The highest BCUT2D eigenvalue weighted by Crippen LogP contribution is 2.26. The maximum Gasteiger partial charge on any atom is 0.414 e. The lowest BCUT2D eigenvalue weighted by molar-refractivity contribution is -0.134. The molecule has 140 valence electrons. The third-order valence-electron chi connectivity index (χ3n) is 4.74. The van der Waals surface area contributed by atoms with Gasteiger partial charge in [0, 0.05) is 25.7 Å². The lowest BCUT2D eigenvalue weighted by atomic mass is 10.0. The van der Waals surface area contributed by atoms with Gasteiger partial charge in [-0.15, -0.1) is 0 Å². The molecule has 1 aromatic carbocycles. The van der Waals surface area contributed by atoms with E-state index in [1.165, 1.54) is 6.92 Å². The van der Waals surface area contributed by atoms with Gasteiger partial charge >= 0.3 is 6.09 Å². The molecule has 1 saturated heterocycles. The van der Waals surface area contributed by atoms with Crippen LogP contribution in [0, 0.1) is 0 Å². The van der Waals surface area contributed by atoms with Crippen molar-refractivity contribution in [2.75, 3.05) is 37.7 Å². The summed E-state index contributed by atoms with van der Waals surface area (Å²) in [7, 11) is 0. The Morgan fingerprint density at radius 1 is 1.27 bits per heavy atom. The number of nitrogens with one attached hydrogen (secondary N) is 1. The minimum atomic E-state index is -0.475. The van der Waals surface area contributed by atoms with Crippen LogP contribution in [0.5, 0.6) is 0 Å². The number of cyclic esters (lactones) is 1. The topological polar surface area (TPSA) is 99.2 Å². The van der Waals surface area contributed by atoms with Gasteiger partial charge in [0.15, 0.2) is 0 Å². The molecule has 2 N–H and O–H groups in total. The predicted molar refractivity (Wildman–Crippen MR) is 93.8 cm³/mol. The molecule has 2 aliphatic heterocycles. The molecule has 3 amide bonds. The quantitative estimate of drug-likeness (QED) is 0.791. The molecule has 2 heterocycles. The van der Waals surface area contributed by atoms with E-state index in [2.05, 4.69) is 5.32 Å². The number of fused-ring (bicyclic) bond motifs is 1. The summed E-state index contributed by atoms with van der Waals surface area (Å²) in [6, 6.07) is 5.82. The van der Waals surface area contributed by atoms with E-state index in [9.17, 15) is 14.4 Å². The molecule has 2 aliphatic rings. The van der Waals surface area contributed by atoms with Crippen LogP contribution in [0.1, 0.15) is 18.1 Å². The smallest absolute Gasteiger partial charge is 0.414 e. The number of benzene rings is 1. The van der Waals surface area contributed by atoms with Crippen molar-refractivity contribution in [1.82, 2.24) is 10.2 Å². The predicted octanol–water partition coefficient (Wildman–Crippen LogP) is 0.0674. The molecule has 0 radical (unpaired) electrons. The van der Waals surface area contributed by atoms with E-state index in [-0.39, 0.29) is 17.9 Å². The number of hydrogen-bond donors (Lipinski definition) is 2. The van der Waals surface area contributed by atoms with Gasteiger partial charge in [-0.3, -0.25) is 14.5 Å². The van der Waals surface area contributed by atoms with Gasteiger partial charge in [0.05, 0.1) is 13.1 Å². The number of anilines is 1. The monoisotopic (exact) mass is 361 g/mol. The lowest BCUT2D eigenvalue weighted by Gasteiger charge is -2.18. The van der Waals surface area contributed by atoms with Crippen molar-refractivity contribution in [2.45, 2.75) is 25.9 Å². The zero-order valence-electron chi connectivity index (χ0n) is 14.7. The Hall–Kier alpha value is -2.61. The van der Waals surface area contributed by atoms with Gasteiger partial charge in [-0.2, -0.15) is 0 Å². The molecule has 3 rings (SSSR count). The van der Waals surface area contributed by atoms with Gasteiger partial charge in [0.2, 0.25) is 11.8 Å². The van der Waals surface area contributed by atoms with Crippen LogP contribution in [0.3, 0.4) is 0 Å². The average Bonchev–Trinajstić information content (AvgIpc) is 2.87. The van der Waals surface area contributed by atoms with E-state index in [4.69, 9.17) is 9.84 Å². The Bertz CT molecular complexity index is 721. The van der Waals surface area contributed by atoms with Gasteiger partial charge in [-0.05, 0) is 36.1 Å². The van der Waals surface area contributed by atoms with Crippen LogP contribution in [0.2, 0.25) is 0 Å². The molecule has 0 aliphatic carbocycles. The molecular formula is C18H23N3O5. The standard InChI is InChI=1S/C18H23N3O5/c1-12(23)19-9-16-10-21(18(25)26-16)15-3-2-13-4-6-20(17(24)11-22)7-5-14(13)8-15/h2-3,8,16,22H,4-7,9-11H2,1H3,(H,19,23)/t16-/m0/s1. The summed E-state index contributed by atoms with van der Waals surface area (Å²) in [5.74, 6) is -0.423. The van der Waals surface area contributed by atoms with Gasteiger partial charge in [0.1, 0.15) is 12.7 Å². The molecule has 8 nitrogen and oxygen atoms in total. The third kappa shape index (κ3) is 3.96. The summed E-state index contributed by atoms with van der Waals surface area (Å²) in [6.07, 6.45) is 0.596. The molecular weight excluding hydrogens is 338 g/mol. The summed E-state index contributed by atoms with van der Waals surface area (Å²) in [6.45, 7) is 2.75. The number of amides is 3. The molecule has 0 saturated carbocycles. The van der Waals surface area contributed by atoms with Crippen molar-refractivity contribution in [2.24, 2.45) is 0 Å². The zero-order chi connectivity index (χ0) is 18.7. The van der Waals surface area contributed by atoms with Gasteiger partial charge < -0.3 is 20.1 Å².